The fraction of sp³-hybridized carbons (Fsp3) is 0.0500. The van der Waals surface area contributed by atoms with Gasteiger partial charge in [-0.3, -0.25) is 4.79 Å². The topological polar surface area (TPSA) is 147 Å². The Morgan fingerprint density at radius 3 is 2.35 bits per heavy atom. The number of carbonyl (C=O) groups excluding carboxylic acids is 1. The van der Waals surface area contributed by atoms with E-state index in [-0.39, 0.29) is 35.8 Å². The molecule has 2 amide bonds. The number of nitrogens with one attached hydrogen (secondary N) is 2. The van der Waals surface area contributed by atoms with Crippen molar-refractivity contribution >= 4 is 72.9 Å². The average molecular weight is 540 g/mol. The third-order valence-electron chi connectivity index (χ3n) is 4.84. The van der Waals surface area contributed by atoms with Gasteiger partial charge in [0.25, 0.3) is 15.6 Å². The number of carbonyl (C=O) groups is 1. The van der Waals surface area contributed by atoms with Crippen LogP contribution in [0.4, 0.5) is 16.2 Å². The molecule has 2 aromatic carbocycles. The number of aromatic nitrogens is 2. The summed E-state index contributed by atoms with van der Waals surface area (Å²) in [5.74, 6) is 0. The van der Waals surface area contributed by atoms with Crippen LogP contribution in [0.3, 0.4) is 0 Å². The van der Waals surface area contributed by atoms with Gasteiger partial charge in [-0.2, -0.15) is 12.7 Å². The van der Waals surface area contributed by atoms with E-state index in [9.17, 15) is 22.8 Å². The molecule has 0 saturated heterocycles. The number of thiophene rings is 1. The Morgan fingerprint density at radius 2 is 1.79 bits per heavy atom. The summed E-state index contributed by atoms with van der Waals surface area (Å²) in [7, 11) is -2.68. The number of hydrogen-bond donors (Lipinski definition) is 3. The molecule has 0 aliphatic carbocycles. The first-order valence-corrected chi connectivity index (χ1v) is 12.4. The average Bonchev–Trinajstić information content (AvgIpc) is 3.22. The summed E-state index contributed by atoms with van der Waals surface area (Å²) in [6.45, 7) is 0. The number of urea groups is 1. The number of rotatable bonds is 5. The summed E-state index contributed by atoms with van der Waals surface area (Å²) in [4.78, 5) is 40.4. The minimum absolute atomic E-state index is 0.0901. The summed E-state index contributed by atoms with van der Waals surface area (Å²) < 4.78 is 27.2. The van der Waals surface area contributed by atoms with E-state index in [1.807, 2.05) is 0 Å². The summed E-state index contributed by atoms with van der Waals surface area (Å²) in [6.07, 6.45) is 0. The van der Waals surface area contributed by atoms with Crippen molar-refractivity contribution < 1.29 is 13.2 Å². The molecule has 2 heterocycles. The monoisotopic (exact) mass is 539 g/mol. The molecule has 0 spiro atoms. The predicted molar refractivity (Wildman–Crippen MR) is 133 cm³/mol. The molecule has 0 atom stereocenters. The molecule has 0 fully saturated rings. The van der Waals surface area contributed by atoms with E-state index in [2.05, 4.69) is 10.3 Å². The number of benzene rings is 2. The zero-order valence-electron chi connectivity index (χ0n) is 17.2. The highest BCUT2D eigenvalue weighted by molar-refractivity contribution is 7.95. The molecule has 2 aromatic heterocycles. The summed E-state index contributed by atoms with van der Waals surface area (Å²) in [5, 5.41) is 3.32. The van der Waals surface area contributed by atoms with Crippen LogP contribution in [0.25, 0.3) is 16.6 Å². The number of halogens is 2. The number of H-pyrrole nitrogens is 1. The molecule has 14 heteroatoms. The molecular weight excluding hydrogens is 525 g/mol. The van der Waals surface area contributed by atoms with Crippen LogP contribution in [-0.2, 0) is 10.0 Å². The third kappa shape index (κ3) is 4.05. The number of aromatic amines is 1. The molecule has 4 rings (SSSR count). The number of primary amides is 1. The summed E-state index contributed by atoms with van der Waals surface area (Å²) in [6, 6.07) is 9.49. The van der Waals surface area contributed by atoms with Crippen molar-refractivity contribution in [2.24, 2.45) is 5.73 Å². The van der Waals surface area contributed by atoms with Crippen molar-refractivity contribution in [3.8, 4) is 5.69 Å². The molecular formula is C20H15Cl2N5O5S2. The van der Waals surface area contributed by atoms with Crippen molar-refractivity contribution in [1.82, 2.24) is 9.55 Å². The zero-order valence-corrected chi connectivity index (χ0v) is 20.3. The largest absolute Gasteiger partial charge is 0.387 e. The molecule has 0 saturated carbocycles. The number of hydrogen-bond acceptors (Lipinski definition) is 7. The maximum atomic E-state index is 13.0. The first kappa shape index (κ1) is 23.8. The van der Waals surface area contributed by atoms with Gasteiger partial charge >= 0.3 is 11.7 Å². The molecule has 176 valence electrons. The molecule has 0 radical (unpaired) electrons. The van der Waals surface area contributed by atoms with Gasteiger partial charge < -0.3 is 16.0 Å². The van der Waals surface area contributed by atoms with Gasteiger partial charge in [0.2, 0.25) is 0 Å². The Bertz CT molecular complexity index is 1660. The second-order valence-corrected chi connectivity index (χ2v) is 11.0. The number of nitrogens with two attached hydrogens (primary N) is 1. The van der Waals surface area contributed by atoms with Gasteiger partial charge in [-0.25, -0.2) is 14.2 Å². The van der Waals surface area contributed by atoms with Gasteiger partial charge in [0.05, 0.1) is 37.3 Å². The Balaban J connectivity index is 1.81. The standard InChI is InChI=1S/C20H15Cl2N5O5S2/c1-24-15-9-14-12(8-13(15)21)18(28)26(20(30)25-14)10-2-4-11(5-3-10)27(19(23)29)34(31,32)17-7-6-16(22)33-17/h2-9,24H,1H3,(H2,23,29)(H,25,30). The van der Waals surface area contributed by atoms with E-state index in [1.165, 1.54) is 42.5 Å². The second kappa shape index (κ2) is 8.80. The Morgan fingerprint density at radius 1 is 1.12 bits per heavy atom. The quantitative estimate of drug-likeness (QED) is 0.354. The SMILES string of the molecule is CNc1cc2[nH]c(=O)n(-c3ccc(N(C(N)=O)S(=O)(=O)c4ccc(Cl)s4)cc3)c(=O)c2cc1Cl. The lowest BCUT2D eigenvalue weighted by atomic mass is 10.2. The molecule has 4 aromatic rings. The Hall–Kier alpha value is -3.32. The van der Waals surface area contributed by atoms with E-state index in [4.69, 9.17) is 28.9 Å². The van der Waals surface area contributed by atoms with Crippen molar-refractivity contribution in [3.05, 3.63) is 78.7 Å². The highest BCUT2D eigenvalue weighted by Crippen LogP contribution is 2.31. The normalized spacial score (nSPS) is 11.5. The number of sulfonamides is 1. The fourth-order valence-electron chi connectivity index (χ4n) is 3.31. The smallest absolute Gasteiger partial charge is 0.333 e. The maximum absolute atomic E-state index is 13.0. The molecule has 0 unspecified atom stereocenters. The van der Waals surface area contributed by atoms with E-state index in [0.717, 1.165) is 15.9 Å². The van der Waals surface area contributed by atoms with Gasteiger partial charge in [-0.1, -0.05) is 23.2 Å². The molecule has 4 N–H and O–H groups in total. The fourth-order valence-corrected chi connectivity index (χ4v) is 6.45. The third-order valence-corrected chi connectivity index (χ3v) is 8.58. The van der Waals surface area contributed by atoms with Gasteiger partial charge in [-0.15, -0.1) is 11.3 Å². The molecule has 0 aliphatic heterocycles. The van der Waals surface area contributed by atoms with Gasteiger partial charge in [0.15, 0.2) is 0 Å². The number of nitrogens with zero attached hydrogens (tertiary/aromatic N) is 2. The zero-order chi connectivity index (χ0) is 24.8. The van der Waals surface area contributed by atoms with E-state index >= 15 is 0 Å². The second-order valence-electron chi connectivity index (χ2n) is 6.88. The first-order valence-electron chi connectivity index (χ1n) is 9.41. The lowest BCUT2D eigenvalue weighted by Gasteiger charge is -2.19. The van der Waals surface area contributed by atoms with Crippen LogP contribution < -0.4 is 26.6 Å². The summed E-state index contributed by atoms with van der Waals surface area (Å²) in [5.41, 5.74) is 4.86. The van der Waals surface area contributed by atoms with Crippen LogP contribution in [0, 0.1) is 0 Å². The van der Waals surface area contributed by atoms with Crippen molar-refractivity contribution in [3.63, 3.8) is 0 Å². The van der Waals surface area contributed by atoms with Crippen LogP contribution in [0.5, 0.6) is 0 Å². The van der Waals surface area contributed by atoms with Gasteiger partial charge in [-0.05, 0) is 48.5 Å². The lowest BCUT2D eigenvalue weighted by molar-refractivity contribution is 0.257. The first-order chi connectivity index (χ1) is 16.0. The van der Waals surface area contributed by atoms with Crippen LogP contribution in [-0.4, -0.2) is 31.0 Å². The van der Waals surface area contributed by atoms with Crippen LogP contribution >= 0.6 is 34.5 Å². The minimum atomic E-state index is -4.33. The number of anilines is 2. The van der Waals surface area contributed by atoms with Crippen molar-refractivity contribution in [1.29, 1.82) is 0 Å². The van der Waals surface area contributed by atoms with E-state index < -0.39 is 27.3 Å². The highest BCUT2D eigenvalue weighted by atomic mass is 35.5. The molecule has 10 nitrogen and oxygen atoms in total. The van der Waals surface area contributed by atoms with Crippen LogP contribution in [0.2, 0.25) is 9.36 Å². The van der Waals surface area contributed by atoms with Crippen molar-refractivity contribution in [2.75, 3.05) is 16.7 Å². The number of amides is 2. The molecule has 0 aliphatic rings. The molecule has 34 heavy (non-hydrogen) atoms. The maximum Gasteiger partial charge on any atom is 0.333 e. The minimum Gasteiger partial charge on any atom is -0.387 e. The lowest BCUT2D eigenvalue weighted by Crippen LogP contribution is -2.40. The molecule has 0 bridgehead atoms. The van der Waals surface area contributed by atoms with Crippen LogP contribution in [0.15, 0.2) is 62.3 Å². The van der Waals surface area contributed by atoms with Crippen molar-refractivity contribution in [2.45, 2.75) is 4.21 Å². The predicted octanol–water partition coefficient (Wildman–Crippen LogP) is 3.36. The Kier molecular flexibility index (Phi) is 6.16. The van der Waals surface area contributed by atoms with Crippen LogP contribution in [0.1, 0.15) is 0 Å². The summed E-state index contributed by atoms with van der Waals surface area (Å²) >= 11 is 12.8. The highest BCUT2D eigenvalue weighted by Gasteiger charge is 2.31. The Labute approximate surface area is 206 Å². The number of fused-ring (bicyclic) bond motifs is 1. The van der Waals surface area contributed by atoms with E-state index in [0.29, 0.717) is 9.99 Å². The van der Waals surface area contributed by atoms with Gasteiger partial charge in [0.1, 0.15) is 4.21 Å². The van der Waals surface area contributed by atoms with Gasteiger partial charge in [0, 0.05) is 7.05 Å². The van der Waals surface area contributed by atoms with E-state index in [1.54, 1.807) is 13.1 Å².